The standard InChI is InChI=1S/C16H21NO/c1-10-2-5-15-13(6-10)14(17)9-16(18-15)8-11-3-4-12(16)7-11/h2,5-6,11-12,14H,3-4,7-9,17H2,1H3. The smallest absolute Gasteiger partial charge is 0.124 e. The van der Waals surface area contributed by atoms with E-state index < -0.39 is 0 Å². The normalized spacial score (nSPS) is 40.9. The van der Waals surface area contributed by atoms with Crippen LogP contribution in [0.25, 0.3) is 0 Å². The van der Waals surface area contributed by atoms with Gasteiger partial charge in [0, 0.05) is 18.0 Å². The predicted molar refractivity (Wildman–Crippen MR) is 71.5 cm³/mol. The molecule has 4 rings (SSSR count). The van der Waals surface area contributed by atoms with Crippen LogP contribution in [-0.4, -0.2) is 5.60 Å². The van der Waals surface area contributed by atoms with Crippen LogP contribution in [0, 0.1) is 18.8 Å². The lowest BCUT2D eigenvalue weighted by atomic mass is 9.76. The monoisotopic (exact) mass is 243 g/mol. The molecule has 2 N–H and O–H groups in total. The third kappa shape index (κ3) is 1.38. The fraction of sp³-hybridized carbons (Fsp3) is 0.625. The lowest BCUT2D eigenvalue weighted by Crippen LogP contribution is -2.47. The molecule has 96 valence electrons. The van der Waals surface area contributed by atoms with Gasteiger partial charge >= 0.3 is 0 Å². The summed E-state index contributed by atoms with van der Waals surface area (Å²) in [6, 6.07) is 6.61. The first kappa shape index (κ1) is 10.9. The van der Waals surface area contributed by atoms with E-state index in [2.05, 4.69) is 25.1 Å². The molecular weight excluding hydrogens is 222 g/mol. The van der Waals surface area contributed by atoms with E-state index in [9.17, 15) is 0 Å². The first-order valence-electron chi connectivity index (χ1n) is 7.21. The molecule has 4 unspecified atom stereocenters. The SMILES string of the molecule is Cc1ccc2c(c1)C(N)CC1(CC3CCC1C3)O2. The van der Waals surface area contributed by atoms with Gasteiger partial charge in [0.25, 0.3) is 0 Å². The van der Waals surface area contributed by atoms with Gasteiger partial charge in [-0.3, -0.25) is 0 Å². The van der Waals surface area contributed by atoms with Crippen LogP contribution in [0.1, 0.15) is 49.3 Å². The van der Waals surface area contributed by atoms with Crippen LogP contribution in [0.2, 0.25) is 0 Å². The average molecular weight is 243 g/mol. The second kappa shape index (κ2) is 3.51. The first-order valence-corrected chi connectivity index (χ1v) is 7.21. The molecule has 4 atom stereocenters. The summed E-state index contributed by atoms with van der Waals surface area (Å²) in [7, 11) is 0. The predicted octanol–water partition coefficient (Wildman–Crippen LogP) is 3.34. The summed E-state index contributed by atoms with van der Waals surface area (Å²) in [6.07, 6.45) is 6.38. The molecule has 1 aromatic rings. The van der Waals surface area contributed by atoms with E-state index in [1.807, 2.05) is 0 Å². The molecule has 2 heteroatoms. The Hall–Kier alpha value is -1.02. The van der Waals surface area contributed by atoms with E-state index in [1.54, 1.807) is 0 Å². The van der Waals surface area contributed by atoms with Crippen LogP contribution in [0.3, 0.4) is 0 Å². The van der Waals surface area contributed by atoms with Crippen LogP contribution in [0.15, 0.2) is 18.2 Å². The van der Waals surface area contributed by atoms with Crippen LogP contribution in [0.5, 0.6) is 5.75 Å². The highest BCUT2D eigenvalue weighted by molar-refractivity contribution is 5.42. The summed E-state index contributed by atoms with van der Waals surface area (Å²) in [5.41, 5.74) is 8.98. The van der Waals surface area contributed by atoms with Crippen molar-refractivity contribution in [1.29, 1.82) is 0 Å². The van der Waals surface area contributed by atoms with Crippen LogP contribution in [0.4, 0.5) is 0 Å². The van der Waals surface area contributed by atoms with Crippen LogP contribution < -0.4 is 10.5 Å². The number of fused-ring (bicyclic) bond motifs is 4. The maximum Gasteiger partial charge on any atom is 0.124 e. The summed E-state index contributed by atoms with van der Waals surface area (Å²) in [4.78, 5) is 0. The Kier molecular flexibility index (Phi) is 2.12. The fourth-order valence-corrected chi connectivity index (χ4v) is 4.56. The van der Waals surface area contributed by atoms with Crippen molar-refractivity contribution in [3.05, 3.63) is 29.3 Å². The van der Waals surface area contributed by atoms with E-state index in [-0.39, 0.29) is 11.6 Å². The molecule has 18 heavy (non-hydrogen) atoms. The second-order valence-electron chi connectivity index (χ2n) is 6.60. The van der Waals surface area contributed by atoms with Gasteiger partial charge in [-0.15, -0.1) is 0 Å². The van der Waals surface area contributed by atoms with Crippen LogP contribution in [-0.2, 0) is 0 Å². The summed E-state index contributed by atoms with van der Waals surface area (Å²) in [5, 5.41) is 0. The zero-order valence-electron chi connectivity index (χ0n) is 11.0. The van der Waals surface area contributed by atoms with Gasteiger partial charge in [0.05, 0.1) is 0 Å². The number of aryl methyl sites for hydroxylation is 1. The topological polar surface area (TPSA) is 35.2 Å². The quantitative estimate of drug-likeness (QED) is 0.758. The fourth-order valence-electron chi connectivity index (χ4n) is 4.56. The van der Waals surface area contributed by atoms with Crippen molar-refractivity contribution in [3.63, 3.8) is 0 Å². The molecule has 2 bridgehead atoms. The minimum Gasteiger partial charge on any atom is -0.487 e. The molecule has 0 amide bonds. The molecule has 2 fully saturated rings. The molecule has 2 aliphatic carbocycles. The number of rotatable bonds is 0. The third-order valence-electron chi connectivity index (χ3n) is 5.36. The van der Waals surface area contributed by atoms with Crippen molar-refractivity contribution in [2.24, 2.45) is 17.6 Å². The van der Waals surface area contributed by atoms with Crippen molar-refractivity contribution >= 4 is 0 Å². The molecule has 1 spiro atoms. The Bertz CT molecular complexity index is 498. The summed E-state index contributed by atoms with van der Waals surface area (Å²) < 4.78 is 6.46. The molecule has 1 aliphatic heterocycles. The van der Waals surface area contributed by atoms with Gasteiger partial charge in [-0.05, 0) is 50.5 Å². The highest BCUT2D eigenvalue weighted by Gasteiger charge is 2.55. The lowest BCUT2D eigenvalue weighted by Gasteiger charge is -2.44. The zero-order valence-corrected chi connectivity index (χ0v) is 11.0. The molecule has 2 nitrogen and oxygen atoms in total. The Morgan fingerprint density at radius 1 is 1.28 bits per heavy atom. The minimum atomic E-state index is 0.0740. The maximum atomic E-state index is 6.46. The summed E-state index contributed by atoms with van der Waals surface area (Å²) in [5.74, 6) is 2.70. The number of hydrogen-bond donors (Lipinski definition) is 1. The van der Waals surface area contributed by atoms with Gasteiger partial charge in [-0.1, -0.05) is 17.7 Å². The summed E-state index contributed by atoms with van der Waals surface area (Å²) in [6.45, 7) is 2.12. The number of hydrogen-bond acceptors (Lipinski definition) is 2. The molecule has 0 aromatic heterocycles. The number of ether oxygens (including phenoxy) is 1. The van der Waals surface area contributed by atoms with Gasteiger partial charge in [-0.25, -0.2) is 0 Å². The van der Waals surface area contributed by atoms with E-state index in [0.717, 1.165) is 24.0 Å². The van der Waals surface area contributed by atoms with Crippen LogP contribution >= 0.6 is 0 Å². The summed E-state index contributed by atoms with van der Waals surface area (Å²) >= 11 is 0. The van der Waals surface area contributed by atoms with E-state index in [4.69, 9.17) is 10.5 Å². The Morgan fingerprint density at radius 3 is 2.89 bits per heavy atom. The highest BCUT2D eigenvalue weighted by atomic mass is 16.5. The molecular formula is C16H21NO. The zero-order chi connectivity index (χ0) is 12.3. The Morgan fingerprint density at radius 2 is 2.17 bits per heavy atom. The molecule has 0 saturated heterocycles. The van der Waals surface area contributed by atoms with Crippen molar-refractivity contribution in [3.8, 4) is 5.75 Å². The molecule has 0 radical (unpaired) electrons. The first-order chi connectivity index (χ1) is 8.66. The van der Waals surface area contributed by atoms with Gasteiger partial charge in [0.15, 0.2) is 0 Å². The van der Waals surface area contributed by atoms with Crippen molar-refractivity contribution in [2.75, 3.05) is 0 Å². The molecule has 2 saturated carbocycles. The van der Waals surface area contributed by atoms with Crippen molar-refractivity contribution < 1.29 is 4.74 Å². The number of nitrogens with two attached hydrogens (primary N) is 1. The highest BCUT2D eigenvalue weighted by Crippen LogP contribution is 2.57. The van der Waals surface area contributed by atoms with Crippen molar-refractivity contribution in [2.45, 2.75) is 50.7 Å². The number of benzene rings is 1. The minimum absolute atomic E-state index is 0.0740. The molecule has 1 heterocycles. The van der Waals surface area contributed by atoms with Gasteiger partial charge in [0.2, 0.25) is 0 Å². The average Bonchev–Trinajstić information content (AvgIpc) is 2.91. The van der Waals surface area contributed by atoms with Gasteiger partial charge in [0.1, 0.15) is 11.4 Å². The van der Waals surface area contributed by atoms with E-state index >= 15 is 0 Å². The van der Waals surface area contributed by atoms with E-state index in [0.29, 0.717) is 0 Å². The third-order valence-corrected chi connectivity index (χ3v) is 5.36. The maximum absolute atomic E-state index is 6.46. The largest absolute Gasteiger partial charge is 0.487 e. The Balaban J connectivity index is 1.74. The van der Waals surface area contributed by atoms with Gasteiger partial charge in [-0.2, -0.15) is 0 Å². The van der Waals surface area contributed by atoms with Gasteiger partial charge < -0.3 is 10.5 Å². The molecule has 3 aliphatic rings. The second-order valence-corrected chi connectivity index (χ2v) is 6.60. The lowest BCUT2D eigenvalue weighted by molar-refractivity contribution is -0.0141. The molecule has 1 aromatic carbocycles. The van der Waals surface area contributed by atoms with E-state index in [1.165, 1.54) is 36.8 Å². The van der Waals surface area contributed by atoms with Crippen molar-refractivity contribution in [1.82, 2.24) is 0 Å². The Labute approximate surface area is 109 Å².